The van der Waals surface area contributed by atoms with Crippen molar-refractivity contribution in [3.8, 4) is 5.82 Å². The van der Waals surface area contributed by atoms with E-state index < -0.39 is 0 Å². The van der Waals surface area contributed by atoms with Crippen molar-refractivity contribution < 1.29 is 4.74 Å². The molecule has 0 bridgehead atoms. The van der Waals surface area contributed by atoms with Crippen LogP contribution in [-0.2, 0) is 17.6 Å². The van der Waals surface area contributed by atoms with E-state index in [0.29, 0.717) is 5.69 Å². The molecule has 24 heavy (non-hydrogen) atoms. The number of hydrogen-bond donors (Lipinski definition) is 1. The maximum atomic E-state index is 6.26. The van der Waals surface area contributed by atoms with Crippen molar-refractivity contribution >= 4 is 16.7 Å². The van der Waals surface area contributed by atoms with Crippen LogP contribution in [0.2, 0.25) is 0 Å². The molecule has 6 nitrogen and oxygen atoms in total. The number of nitrogen functional groups attached to an aromatic ring is 1. The highest BCUT2D eigenvalue weighted by molar-refractivity contribution is 5.80. The Hall–Kier alpha value is -2.34. The van der Waals surface area contributed by atoms with Gasteiger partial charge in [0.05, 0.1) is 22.9 Å². The molecule has 1 atom stereocenters. The zero-order valence-corrected chi connectivity index (χ0v) is 13.6. The maximum Gasteiger partial charge on any atom is 0.183 e. The van der Waals surface area contributed by atoms with Crippen LogP contribution in [0.25, 0.3) is 16.9 Å². The standard InChI is InChI=1S/C18H21N5O/c19-14-10-23(17-6-1-2-7-24-17)21-18(14)22-11-20-15-8-12-4-3-5-13(12)9-16(15)22/h8-11,17H,1-7,19H2. The quantitative estimate of drug-likeness (QED) is 0.787. The van der Waals surface area contributed by atoms with E-state index in [0.717, 1.165) is 49.1 Å². The summed E-state index contributed by atoms with van der Waals surface area (Å²) in [6, 6.07) is 4.46. The number of nitrogens with two attached hydrogens (primary N) is 1. The Balaban J connectivity index is 1.58. The van der Waals surface area contributed by atoms with Crippen molar-refractivity contribution in [3.05, 3.63) is 35.8 Å². The number of hydrogen-bond acceptors (Lipinski definition) is 4. The molecule has 1 unspecified atom stereocenters. The van der Waals surface area contributed by atoms with Gasteiger partial charge in [-0.3, -0.25) is 4.57 Å². The molecule has 1 saturated heterocycles. The van der Waals surface area contributed by atoms with Gasteiger partial charge >= 0.3 is 0 Å². The molecular formula is C18H21N5O. The van der Waals surface area contributed by atoms with Gasteiger partial charge in [0.15, 0.2) is 5.82 Å². The second kappa shape index (κ2) is 5.34. The number of rotatable bonds is 2. The molecule has 1 fully saturated rings. The molecular weight excluding hydrogens is 302 g/mol. The van der Waals surface area contributed by atoms with E-state index >= 15 is 0 Å². The van der Waals surface area contributed by atoms with Crippen LogP contribution < -0.4 is 5.73 Å². The summed E-state index contributed by atoms with van der Waals surface area (Å²) >= 11 is 0. The molecule has 6 heteroatoms. The van der Waals surface area contributed by atoms with Crippen molar-refractivity contribution in [1.29, 1.82) is 0 Å². The molecule has 2 aliphatic rings. The van der Waals surface area contributed by atoms with Crippen LogP contribution >= 0.6 is 0 Å². The van der Waals surface area contributed by atoms with E-state index in [4.69, 9.17) is 15.6 Å². The topological polar surface area (TPSA) is 70.9 Å². The first-order chi connectivity index (χ1) is 11.8. The molecule has 3 aromatic rings. The minimum absolute atomic E-state index is 0.00571. The molecule has 0 spiro atoms. The Morgan fingerprint density at radius 1 is 1.12 bits per heavy atom. The smallest absolute Gasteiger partial charge is 0.183 e. The third kappa shape index (κ3) is 2.13. The predicted molar refractivity (Wildman–Crippen MR) is 92.1 cm³/mol. The van der Waals surface area contributed by atoms with E-state index in [-0.39, 0.29) is 6.23 Å². The lowest BCUT2D eigenvalue weighted by atomic mass is 10.1. The van der Waals surface area contributed by atoms with Crippen molar-refractivity contribution in [2.24, 2.45) is 0 Å². The molecule has 2 N–H and O–H groups in total. The first kappa shape index (κ1) is 14.0. The summed E-state index contributed by atoms with van der Waals surface area (Å²) in [7, 11) is 0. The third-order valence-electron chi connectivity index (χ3n) is 5.18. The molecule has 0 radical (unpaired) electrons. The largest absolute Gasteiger partial charge is 0.394 e. The summed E-state index contributed by atoms with van der Waals surface area (Å²) in [5.41, 5.74) is 11.9. The predicted octanol–water partition coefficient (Wildman–Crippen LogP) is 2.99. The monoisotopic (exact) mass is 323 g/mol. The number of fused-ring (bicyclic) bond motifs is 2. The molecule has 0 amide bonds. The highest BCUT2D eigenvalue weighted by Crippen LogP contribution is 2.30. The highest BCUT2D eigenvalue weighted by atomic mass is 16.5. The van der Waals surface area contributed by atoms with Gasteiger partial charge in [0.1, 0.15) is 12.6 Å². The van der Waals surface area contributed by atoms with Gasteiger partial charge in [0, 0.05) is 6.61 Å². The van der Waals surface area contributed by atoms with E-state index in [2.05, 4.69) is 17.1 Å². The summed E-state index contributed by atoms with van der Waals surface area (Å²) in [5, 5.41) is 4.71. The number of ether oxygens (including phenoxy) is 1. The summed E-state index contributed by atoms with van der Waals surface area (Å²) in [4.78, 5) is 4.56. The molecule has 5 rings (SSSR count). The Morgan fingerprint density at radius 2 is 2.00 bits per heavy atom. The SMILES string of the molecule is Nc1cn(C2CCCCO2)nc1-n1cnc2cc3c(cc21)CCC3. The number of nitrogens with zero attached hydrogens (tertiary/aromatic N) is 4. The molecule has 0 saturated carbocycles. The van der Waals surface area contributed by atoms with Crippen molar-refractivity contribution in [3.63, 3.8) is 0 Å². The lowest BCUT2D eigenvalue weighted by molar-refractivity contribution is -0.0394. The van der Waals surface area contributed by atoms with E-state index in [1.165, 1.54) is 24.0 Å². The zero-order chi connectivity index (χ0) is 16.1. The summed E-state index contributed by atoms with van der Waals surface area (Å²) in [6.45, 7) is 0.792. The Labute approximate surface area is 140 Å². The average molecular weight is 323 g/mol. The molecule has 3 heterocycles. The number of anilines is 1. The first-order valence-corrected chi connectivity index (χ1v) is 8.75. The first-order valence-electron chi connectivity index (χ1n) is 8.75. The van der Waals surface area contributed by atoms with Crippen LogP contribution in [0.4, 0.5) is 5.69 Å². The minimum Gasteiger partial charge on any atom is -0.394 e. The number of benzene rings is 1. The summed E-state index contributed by atoms with van der Waals surface area (Å²) in [6.07, 6.45) is 10.5. The van der Waals surface area contributed by atoms with Crippen molar-refractivity contribution in [1.82, 2.24) is 19.3 Å². The van der Waals surface area contributed by atoms with E-state index in [1.807, 2.05) is 21.8 Å². The maximum absolute atomic E-state index is 6.26. The lowest BCUT2D eigenvalue weighted by Crippen LogP contribution is -2.18. The Morgan fingerprint density at radius 3 is 2.83 bits per heavy atom. The van der Waals surface area contributed by atoms with Crippen LogP contribution in [0.3, 0.4) is 0 Å². The fourth-order valence-corrected chi connectivity index (χ4v) is 3.91. The van der Waals surface area contributed by atoms with Gasteiger partial charge < -0.3 is 10.5 Å². The number of aromatic nitrogens is 4. The second-order valence-corrected chi connectivity index (χ2v) is 6.79. The van der Waals surface area contributed by atoms with Crippen LogP contribution in [0, 0.1) is 0 Å². The normalized spacial score (nSPS) is 20.6. The molecule has 124 valence electrons. The number of aryl methyl sites for hydroxylation is 2. The minimum atomic E-state index is -0.00571. The molecule has 2 aromatic heterocycles. The fourth-order valence-electron chi connectivity index (χ4n) is 3.91. The highest BCUT2D eigenvalue weighted by Gasteiger charge is 2.21. The third-order valence-corrected chi connectivity index (χ3v) is 5.18. The van der Waals surface area contributed by atoms with E-state index in [1.54, 1.807) is 0 Å². The summed E-state index contributed by atoms with van der Waals surface area (Å²) in [5.74, 6) is 0.740. The molecule has 1 aromatic carbocycles. The zero-order valence-electron chi connectivity index (χ0n) is 13.6. The summed E-state index contributed by atoms with van der Waals surface area (Å²) < 4.78 is 9.68. The van der Waals surface area contributed by atoms with Gasteiger partial charge in [0.2, 0.25) is 0 Å². The molecule has 1 aliphatic heterocycles. The van der Waals surface area contributed by atoms with Gasteiger partial charge in [-0.2, -0.15) is 0 Å². The van der Waals surface area contributed by atoms with Crippen LogP contribution in [0.5, 0.6) is 0 Å². The number of imidazole rings is 1. The molecule has 1 aliphatic carbocycles. The van der Waals surface area contributed by atoms with Gasteiger partial charge in [-0.25, -0.2) is 9.67 Å². The van der Waals surface area contributed by atoms with Gasteiger partial charge in [-0.15, -0.1) is 5.10 Å². The second-order valence-electron chi connectivity index (χ2n) is 6.79. The van der Waals surface area contributed by atoms with Gasteiger partial charge in [0.25, 0.3) is 0 Å². The Bertz CT molecular complexity index is 904. The fraction of sp³-hybridized carbons (Fsp3) is 0.444. The van der Waals surface area contributed by atoms with Crippen molar-refractivity contribution in [2.45, 2.75) is 44.8 Å². The van der Waals surface area contributed by atoms with Crippen LogP contribution in [-0.4, -0.2) is 25.9 Å². The lowest BCUT2D eigenvalue weighted by Gasteiger charge is -2.22. The van der Waals surface area contributed by atoms with Crippen molar-refractivity contribution in [2.75, 3.05) is 12.3 Å². The van der Waals surface area contributed by atoms with Gasteiger partial charge in [-0.1, -0.05) is 0 Å². The van der Waals surface area contributed by atoms with Gasteiger partial charge in [-0.05, 0) is 61.8 Å². The van der Waals surface area contributed by atoms with Crippen LogP contribution in [0.1, 0.15) is 43.0 Å². The average Bonchev–Trinajstić information content (AvgIpc) is 3.31. The Kier molecular flexibility index (Phi) is 3.13. The van der Waals surface area contributed by atoms with E-state index in [9.17, 15) is 0 Å². The van der Waals surface area contributed by atoms with Crippen LogP contribution in [0.15, 0.2) is 24.7 Å².